The van der Waals surface area contributed by atoms with E-state index in [2.05, 4.69) is 38.2 Å². The van der Waals surface area contributed by atoms with E-state index in [4.69, 9.17) is 18.5 Å². The molecule has 0 saturated heterocycles. The van der Waals surface area contributed by atoms with Crippen LogP contribution in [0.15, 0.2) is 24.3 Å². The van der Waals surface area contributed by atoms with E-state index >= 15 is 0 Å². The molecule has 1 N–H and O–H groups in total. The summed E-state index contributed by atoms with van der Waals surface area (Å²) in [5, 5.41) is 0. The van der Waals surface area contributed by atoms with Crippen LogP contribution in [0.5, 0.6) is 0 Å². The van der Waals surface area contributed by atoms with Gasteiger partial charge in [0.25, 0.3) is 0 Å². The minimum atomic E-state index is -4.37. The quantitative estimate of drug-likeness (QED) is 0.0211. The summed E-state index contributed by atoms with van der Waals surface area (Å²) >= 11 is 0. The molecule has 65 heavy (non-hydrogen) atoms. The molecule has 0 aliphatic carbocycles. The van der Waals surface area contributed by atoms with E-state index in [1.165, 1.54) is 193 Å². The van der Waals surface area contributed by atoms with Crippen LogP contribution in [-0.4, -0.2) is 74.9 Å². The molecule has 0 aliphatic heterocycles. The zero-order chi connectivity index (χ0) is 47.8. The van der Waals surface area contributed by atoms with Gasteiger partial charge in [-0.15, -0.1) is 0 Å². The Morgan fingerprint density at radius 2 is 0.831 bits per heavy atom. The van der Waals surface area contributed by atoms with Gasteiger partial charge in [-0.3, -0.25) is 18.6 Å². The lowest BCUT2D eigenvalue weighted by molar-refractivity contribution is -0.870. The first kappa shape index (κ1) is 63.5. The second kappa shape index (κ2) is 47.6. The highest BCUT2D eigenvalue weighted by atomic mass is 31.2. The van der Waals surface area contributed by atoms with Gasteiger partial charge in [-0.2, -0.15) is 0 Å². The summed E-state index contributed by atoms with van der Waals surface area (Å²) in [5.41, 5.74) is 0. The Hall–Kier alpha value is -1.51. The van der Waals surface area contributed by atoms with E-state index in [-0.39, 0.29) is 25.6 Å². The number of allylic oxidation sites excluding steroid dienone is 4. The standard InChI is InChI=1S/C55H106NO8P/c1-6-8-10-12-14-16-18-19-20-21-22-23-24-25-26-27-28-29-30-31-32-33-34-35-36-37-38-40-42-44-46-48-55(58)64-53(52-63-65(59,60)62-50-49-56(3,4)5)51-61-54(57)47-45-43-41-39-17-15-13-11-9-7-2/h18-19,21-22,53H,6-17,20,23-52H2,1-5H3/p+1/b19-18-,22-21-. The van der Waals surface area contributed by atoms with Crippen molar-refractivity contribution in [2.45, 2.75) is 270 Å². The van der Waals surface area contributed by atoms with Crippen molar-refractivity contribution >= 4 is 19.8 Å². The van der Waals surface area contributed by atoms with Crippen LogP contribution >= 0.6 is 7.82 Å². The normalized spacial score (nSPS) is 13.5. The van der Waals surface area contributed by atoms with Crippen molar-refractivity contribution in [3.8, 4) is 0 Å². The molecular formula is C55H107NO8P+. The third-order valence-corrected chi connectivity index (χ3v) is 13.2. The van der Waals surface area contributed by atoms with E-state index in [0.717, 1.165) is 38.5 Å². The number of phosphoric acid groups is 1. The number of likely N-dealkylation sites (N-methyl/N-ethyl adjacent to an activating group) is 1. The summed E-state index contributed by atoms with van der Waals surface area (Å²) in [6.45, 7) is 4.44. The van der Waals surface area contributed by atoms with Gasteiger partial charge in [-0.25, -0.2) is 4.57 Å². The van der Waals surface area contributed by atoms with Gasteiger partial charge in [0, 0.05) is 12.8 Å². The van der Waals surface area contributed by atoms with Crippen molar-refractivity contribution in [1.29, 1.82) is 0 Å². The lowest BCUT2D eigenvalue weighted by Gasteiger charge is -2.24. The number of ether oxygens (including phenoxy) is 2. The monoisotopic (exact) mass is 941 g/mol. The van der Waals surface area contributed by atoms with Crippen molar-refractivity contribution in [3.63, 3.8) is 0 Å². The summed E-state index contributed by atoms with van der Waals surface area (Å²) < 4.78 is 34.4. The Bertz CT molecular complexity index is 1150. The van der Waals surface area contributed by atoms with Crippen molar-refractivity contribution in [2.24, 2.45) is 0 Å². The number of quaternary nitrogens is 1. The third-order valence-electron chi connectivity index (χ3n) is 12.2. The predicted octanol–water partition coefficient (Wildman–Crippen LogP) is 16.6. The molecular weight excluding hydrogens is 834 g/mol. The summed E-state index contributed by atoms with van der Waals surface area (Å²) in [6.07, 6.45) is 55.5. The van der Waals surface area contributed by atoms with Crippen molar-refractivity contribution in [1.82, 2.24) is 0 Å². The average molecular weight is 941 g/mol. The molecule has 10 heteroatoms. The van der Waals surface area contributed by atoms with E-state index < -0.39 is 26.5 Å². The van der Waals surface area contributed by atoms with Crippen LogP contribution in [0.25, 0.3) is 0 Å². The van der Waals surface area contributed by atoms with Gasteiger partial charge in [-0.1, -0.05) is 231 Å². The van der Waals surface area contributed by atoms with Gasteiger partial charge >= 0.3 is 19.8 Å². The maximum Gasteiger partial charge on any atom is 0.472 e. The zero-order valence-electron chi connectivity index (χ0n) is 43.5. The number of esters is 2. The molecule has 0 aromatic heterocycles. The number of phosphoric ester groups is 1. The van der Waals surface area contributed by atoms with E-state index in [1.807, 2.05) is 21.1 Å². The fourth-order valence-electron chi connectivity index (χ4n) is 7.93. The van der Waals surface area contributed by atoms with Crippen molar-refractivity contribution in [3.05, 3.63) is 24.3 Å². The average Bonchev–Trinajstić information content (AvgIpc) is 3.26. The minimum Gasteiger partial charge on any atom is -0.462 e. The topological polar surface area (TPSA) is 108 Å². The lowest BCUT2D eigenvalue weighted by Crippen LogP contribution is -2.37. The lowest BCUT2D eigenvalue weighted by atomic mass is 10.0. The van der Waals surface area contributed by atoms with Crippen LogP contribution in [0.2, 0.25) is 0 Å². The molecule has 384 valence electrons. The van der Waals surface area contributed by atoms with Gasteiger partial charge in [0.05, 0.1) is 27.7 Å². The smallest absolute Gasteiger partial charge is 0.462 e. The van der Waals surface area contributed by atoms with Gasteiger partial charge in [-0.05, 0) is 44.9 Å². The summed E-state index contributed by atoms with van der Waals surface area (Å²) in [7, 11) is 1.49. The molecule has 0 bridgehead atoms. The number of nitrogens with zero attached hydrogens (tertiary/aromatic N) is 1. The molecule has 2 unspecified atom stereocenters. The van der Waals surface area contributed by atoms with Crippen LogP contribution in [0.4, 0.5) is 0 Å². The highest BCUT2D eigenvalue weighted by Gasteiger charge is 2.27. The van der Waals surface area contributed by atoms with E-state index in [1.54, 1.807) is 0 Å². The number of hydrogen-bond acceptors (Lipinski definition) is 7. The van der Waals surface area contributed by atoms with Gasteiger partial charge in [0.15, 0.2) is 6.10 Å². The molecule has 0 rings (SSSR count). The maximum absolute atomic E-state index is 12.8. The van der Waals surface area contributed by atoms with Crippen LogP contribution in [-0.2, 0) is 32.7 Å². The summed E-state index contributed by atoms with van der Waals surface area (Å²) in [5.74, 6) is -0.786. The number of carbonyl (C=O) groups is 2. The molecule has 9 nitrogen and oxygen atoms in total. The van der Waals surface area contributed by atoms with Gasteiger partial charge in [0.2, 0.25) is 0 Å². The number of carbonyl (C=O) groups excluding carboxylic acids is 2. The molecule has 0 spiro atoms. The SMILES string of the molecule is CCCCCCC/C=C\C/C=C\CCCCCCCCCCCCCCCCCCCCCC(=O)OC(COC(=O)CCCCCCCCCCCC)COP(=O)(O)OCC[N+](C)(C)C. The Labute approximate surface area is 402 Å². The molecule has 0 fully saturated rings. The summed E-state index contributed by atoms with van der Waals surface area (Å²) in [6, 6.07) is 0. The first-order valence-electron chi connectivity index (χ1n) is 27.6. The molecule has 0 saturated carbocycles. The first-order valence-corrected chi connectivity index (χ1v) is 29.1. The number of rotatable bonds is 51. The molecule has 0 aliphatic rings. The highest BCUT2D eigenvalue weighted by molar-refractivity contribution is 7.47. The maximum atomic E-state index is 12.8. The molecule has 2 atom stereocenters. The van der Waals surface area contributed by atoms with Gasteiger partial charge in [0.1, 0.15) is 19.8 Å². The number of hydrogen-bond donors (Lipinski definition) is 1. The van der Waals surface area contributed by atoms with E-state index in [0.29, 0.717) is 23.9 Å². The fourth-order valence-corrected chi connectivity index (χ4v) is 8.67. The Morgan fingerprint density at radius 3 is 1.22 bits per heavy atom. The Morgan fingerprint density at radius 1 is 0.477 bits per heavy atom. The van der Waals surface area contributed by atoms with Crippen LogP contribution in [0, 0.1) is 0 Å². The van der Waals surface area contributed by atoms with Crippen molar-refractivity contribution in [2.75, 3.05) is 47.5 Å². The van der Waals surface area contributed by atoms with Crippen LogP contribution < -0.4 is 0 Å². The molecule has 0 amide bonds. The molecule has 0 radical (unpaired) electrons. The first-order chi connectivity index (χ1) is 31.5. The second-order valence-electron chi connectivity index (χ2n) is 20.0. The highest BCUT2D eigenvalue weighted by Crippen LogP contribution is 2.43. The van der Waals surface area contributed by atoms with Crippen LogP contribution in [0.3, 0.4) is 0 Å². The Kier molecular flexibility index (Phi) is 46.4. The third kappa shape index (κ3) is 51.7. The largest absolute Gasteiger partial charge is 0.472 e. The van der Waals surface area contributed by atoms with Crippen molar-refractivity contribution < 1.29 is 42.1 Å². The molecule has 0 aromatic carbocycles. The summed E-state index contributed by atoms with van der Waals surface area (Å²) in [4.78, 5) is 35.4. The number of unbranched alkanes of at least 4 members (excludes halogenated alkanes) is 33. The minimum absolute atomic E-state index is 0.0350. The second-order valence-corrected chi connectivity index (χ2v) is 21.4. The molecule has 0 heterocycles. The van der Waals surface area contributed by atoms with Gasteiger partial charge < -0.3 is 18.9 Å². The fraction of sp³-hybridized carbons (Fsp3) is 0.891. The Balaban J connectivity index is 3.97. The van der Waals surface area contributed by atoms with Crippen LogP contribution in [0.1, 0.15) is 264 Å². The molecule has 0 aromatic rings. The predicted molar refractivity (Wildman–Crippen MR) is 275 cm³/mol. The van der Waals surface area contributed by atoms with E-state index in [9.17, 15) is 19.0 Å². The zero-order valence-corrected chi connectivity index (χ0v) is 44.4.